The van der Waals surface area contributed by atoms with Crippen LogP contribution in [0.15, 0.2) is 28.7 Å². The van der Waals surface area contributed by atoms with Gasteiger partial charge in [0, 0.05) is 17.6 Å². The summed E-state index contributed by atoms with van der Waals surface area (Å²) in [4.78, 5) is 11.5. The zero-order valence-electron chi connectivity index (χ0n) is 10.5. The van der Waals surface area contributed by atoms with Crippen LogP contribution in [0.3, 0.4) is 0 Å². The van der Waals surface area contributed by atoms with Gasteiger partial charge < -0.3 is 5.32 Å². The number of likely N-dealkylation sites (N-methyl/N-ethyl adjacent to an activating group) is 1. The van der Waals surface area contributed by atoms with Crippen molar-refractivity contribution in [2.24, 2.45) is 0 Å². The van der Waals surface area contributed by atoms with E-state index in [9.17, 15) is 4.79 Å². The minimum atomic E-state index is -0.191. The Morgan fingerprint density at radius 3 is 2.71 bits per heavy atom. The first kappa shape index (κ1) is 14.2. The van der Waals surface area contributed by atoms with Crippen molar-refractivity contribution >= 4 is 21.8 Å². The molecule has 0 heterocycles. The molecule has 1 amide bonds. The van der Waals surface area contributed by atoms with Gasteiger partial charge >= 0.3 is 0 Å². The van der Waals surface area contributed by atoms with E-state index in [0.717, 1.165) is 10.9 Å². The van der Waals surface area contributed by atoms with Crippen molar-refractivity contribution in [3.05, 3.63) is 34.3 Å². The standard InChI is InChI=1S/C13H19BrN2O/c1-4-12(16-9(2)13(17)15-3)10-6-5-7-11(14)8-10/h5-9,12,16H,4H2,1-3H3,(H,15,17). The van der Waals surface area contributed by atoms with E-state index in [0.29, 0.717) is 0 Å². The Kier molecular flexibility index (Phi) is 5.65. The van der Waals surface area contributed by atoms with Gasteiger partial charge in [0.25, 0.3) is 0 Å². The van der Waals surface area contributed by atoms with Crippen molar-refractivity contribution in [3.8, 4) is 0 Å². The van der Waals surface area contributed by atoms with Crippen molar-refractivity contribution < 1.29 is 4.79 Å². The van der Waals surface area contributed by atoms with E-state index in [1.165, 1.54) is 5.56 Å². The highest BCUT2D eigenvalue weighted by Crippen LogP contribution is 2.21. The highest BCUT2D eigenvalue weighted by Gasteiger charge is 2.16. The molecule has 3 nitrogen and oxygen atoms in total. The summed E-state index contributed by atoms with van der Waals surface area (Å²) in [6.07, 6.45) is 0.942. The zero-order chi connectivity index (χ0) is 12.8. The van der Waals surface area contributed by atoms with E-state index < -0.39 is 0 Å². The Bertz CT molecular complexity index is 381. The maximum absolute atomic E-state index is 11.5. The summed E-state index contributed by atoms with van der Waals surface area (Å²) in [6.45, 7) is 3.98. The molecule has 2 unspecified atom stereocenters. The molecule has 0 aromatic heterocycles. The number of amides is 1. The second kappa shape index (κ2) is 6.77. The van der Waals surface area contributed by atoms with Crippen molar-refractivity contribution in [2.45, 2.75) is 32.4 Å². The summed E-state index contributed by atoms with van der Waals surface area (Å²) >= 11 is 3.46. The summed E-state index contributed by atoms with van der Waals surface area (Å²) in [6, 6.07) is 8.16. The number of carbonyl (C=O) groups is 1. The lowest BCUT2D eigenvalue weighted by Gasteiger charge is -2.21. The average Bonchev–Trinajstić information content (AvgIpc) is 2.34. The van der Waals surface area contributed by atoms with Crippen LogP contribution in [0.1, 0.15) is 31.9 Å². The minimum Gasteiger partial charge on any atom is -0.358 e. The van der Waals surface area contributed by atoms with Gasteiger partial charge in [-0.25, -0.2) is 0 Å². The third-order valence-corrected chi connectivity index (χ3v) is 3.24. The molecule has 0 spiro atoms. The Morgan fingerprint density at radius 1 is 1.47 bits per heavy atom. The predicted molar refractivity (Wildman–Crippen MR) is 73.8 cm³/mol. The lowest BCUT2D eigenvalue weighted by atomic mass is 10.0. The highest BCUT2D eigenvalue weighted by atomic mass is 79.9. The van der Waals surface area contributed by atoms with E-state index in [2.05, 4.69) is 45.6 Å². The van der Waals surface area contributed by atoms with Gasteiger partial charge in [0.1, 0.15) is 0 Å². The zero-order valence-corrected chi connectivity index (χ0v) is 12.0. The normalized spacial score (nSPS) is 14.1. The van der Waals surface area contributed by atoms with E-state index in [1.807, 2.05) is 19.1 Å². The van der Waals surface area contributed by atoms with Crippen LogP contribution in [0.25, 0.3) is 0 Å². The fourth-order valence-electron chi connectivity index (χ4n) is 1.77. The van der Waals surface area contributed by atoms with Crippen molar-refractivity contribution in [1.82, 2.24) is 10.6 Å². The summed E-state index contributed by atoms with van der Waals surface area (Å²) in [7, 11) is 1.65. The quantitative estimate of drug-likeness (QED) is 0.877. The van der Waals surface area contributed by atoms with Crippen LogP contribution in [-0.4, -0.2) is 19.0 Å². The fourth-order valence-corrected chi connectivity index (χ4v) is 2.18. The molecule has 2 atom stereocenters. The number of halogens is 1. The molecule has 0 aliphatic heterocycles. The first-order chi connectivity index (χ1) is 8.08. The van der Waals surface area contributed by atoms with Gasteiger partial charge in [-0.2, -0.15) is 0 Å². The van der Waals surface area contributed by atoms with Gasteiger partial charge in [0.15, 0.2) is 0 Å². The number of carbonyl (C=O) groups excluding carboxylic acids is 1. The van der Waals surface area contributed by atoms with E-state index in [4.69, 9.17) is 0 Å². The van der Waals surface area contributed by atoms with Crippen LogP contribution < -0.4 is 10.6 Å². The molecule has 2 N–H and O–H groups in total. The Labute approximate surface area is 111 Å². The molecule has 0 saturated heterocycles. The number of hydrogen-bond donors (Lipinski definition) is 2. The molecule has 17 heavy (non-hydrogen) atoms. The van der Waals surface area contributed by atoms with Crippen molar-refractivity contribution in [3.63, 3.8) is 0 Å². The average molecular weight is 299 g/mol. The molecular weight excluding hydrogens is 280 g/mol. The van der Waals surface area contributed by atoms with Gasteiger partial charge in [-0.15, -0.1) is 0 Å². The van der Waals surface area contributed by atoms with Crippen LogP contribution in [-0.2, 0) is 4.79 Å². The maximum Gasteiger partial charge on any atom is 0.236 e. The van der Waals surface area contributed by atoms with Crippen LogP contribution in [0, 0.1) is 0 Å². The molecule has 0 saturated carbocycles. The Balaban J connectivity index is 2.75. The minimum absolute atomic E-state index is 0.0125. The molecule has 0 aliphatic carbocycles. The molecule has 4 heteroatoms. The molecule has 0 radical (unpaired) electrons. The Morgan fingerprint density at radius 2 is 2.18 bits per heavy atom. The predicted octanol–water partition coefficient (Wildman–Crippen LogP) is 2.62. The SMILES string of the molecule is CCC(NC(C)C(=O)NC)c1cccc(Br)c1. The number of rotatable bonds is 5. The third kappa shape index (κ3) is 4.13. The molecule has 1 rings (SSSR count). The second-order valence-corrected chi connectivity index (χ2v) is 4.93. The van der Waals surface area contributed by atoms with Crippen molar-refractivity contribution in [2.75, 3.05) is 7.05 Å². The van der Waals surface area contributed by atoms with Gasteiger partial charge in [-0.3, -0.25) is 10.1 Å². The highest BCUT2D eigenvalue weighted by molar-refractivity contribution is 9.10. The third-order valence-electron chi connectivity index (χ3n) is 2.75. The van der Waals surface area contributed by atoms with Crippen molar-refractivity contribution in [1.29, 1.82) is 0 Å². The van der Waals surface area contributed by atoms with E-state index >= 15 is 0 Å². The summed E-state index contributed by atoms with van der Waals surface area (Å²) in [5.41, 5.74) is 1.19. The molecule has 1 aromatic carbocycles. The Hall–Kier alpha value is -0.870. The van der Waals surface area contributed by atoms with Crippen LogP contribution >= 0.6 is 15.9 Å². The smallest absolute Gasteiger partial charge is 0.236 e. The topological polar surface area (TPSA) is 41.1 Å². The van der Waals surface area contributed by atoms with Crippen LogP contribution in [0.2, 0.25) is 0 Å². The molecule has 1 aromatic rings. The maximum atomic E-state index is 11.5. The first-order valence-electron chi connectivity index (χ1n) is 5.81. The van der Waals surface area contributed by atoms with Crippen LogP contribution in [0.5, 0.6) is 0 Å². The molecule has 0 fully saturated rings. The van der Waals surface area contributed by atoms with Gasteiger partial charge in [-0.05, 0) is 31.0 Å². The summed E-state index contributed by atoms with van der Waals surface area (Å²) < 4.78 is 1.06. The number of benzene rings is 1. The summed E-state index contributed by atoms with van der Waals surface area (Å²) in [5, 5.41) is 5.97. The van der Waals surface area contributed by atoms with Crippen LogP contribution in [0.4, 0.5) is 0 Å². The fraction of sp³-hybridized carbons (Fsp3) is 0.462. The number of nitrogens with one attached hydrogen (secondary N) is 2. The molecular formula is C13H19BrN2O. The number of hydrogen-bond acceptors (Lipinski definition) is 2. The largest absolute Gasteiger partial charge is 0.358 e. The van der Waals surface area contributed by atoms with Gasteiger partial charge in [0.2, 0.25) is 5.91 Å². The van der Waals surface area contributed by atoms with E-state index in [-0.39, 0.29) is 18.0 Å². The molecule has 94 valence electrons. The molecule has 0 aliphatic rings. The summed E-state index contributed by atoms with van der Waals surface area (Å²) in [5.74, 6) is 0.0125. The monoisotopic (exact) mass is 298 g/mol. The van der Waals surface area contributed by atoms with E-state index in [1.54, 1.807) is 7.05 Å². The second-order valence-electron chi connectivity index (χ2n) is 4.02. The van der Waals surface area contributed by atoms with Gasteiger partial charge in [-0.1, -0.05) is 35.0 Å². The van der Waals surface area contributed by atoms with Gasteiger partial charge in [0.05, 0.1) is 6.04 Å². The first-order valence-corrected chi connectivity index (χ1v) is 6.60. The lowest BCUT2D eigenvalue weighted by Crippen LogP contribution is -2.42. The lowest BCUT2D eigenvalue weighted by molar-refractivity contribution is -0.122. The molecule has 0 bridgehead atoms.